The van der Waals surface area contributed by atoms with Crippen LogP contribution in [0.4, 0.5) is 13.2 Å². The average Bonchev–Trinajstić information content (AvgIpc) is 3.57. The Kier molecular flexibility index (Phi) is 8.21. The van der Waals surface area contributed by atoms with Gasteiger partial charge in [0.15, 0.2) is 11.5 Å². The normalized spacial score (nSPS) is 12.8. The minimum absolute atomic E-state index is 0.218. The van der Waals surface area contributed by atoms with Crippen LogP contribution in [0.5, 0.6) is 11.5 Å². The lowest BCUT2D eigenvalue weighted by molar-refractivity contribution is -0.137. The van der Waals surface area contributed by atoms with Crippen LogP contribution in [0, 0.1) is 0 Å². The monoisotopic (exact) mass is 535 g/mol. The van der Waals surface area contributed by atoms with Crippen molar-refractivity contribution in [2.45, 2.75) is 52.0 Å². The van der Waals surface area contributed by atoms with Crippen molar-refractivity contribution < 1.29 is 22.6 Å². The van der Waals surface area contributed by atoms with Crippen LogP contribution in [0.15, 0.2) is 79.0 Å². The number of alkyl halides is 3. The van der Waals surface area contributed by atoms with Gasteiger partial charge in [-0.1, -0.05) is 61.9 Å². The number of ether oxygens (including phenoxy) is 2. The third-order valence-corrected chi connectivity index (χ3v) is 6.93. The molecule has 39 heavy (non-hydrogen) atoms. The zero-order valence-corrected chi connectivity index (χ0v) is 22.0. The Balaban J connectivity index is 1.39. The molecule has 204 valence electrons. The summed E-state index contributed by atoms with van der Waals surface area (Å²) in [7, 11) is 0. The lowest BCUT2D eigenvalue weighted by Crippen LogP contribution is -2.27. The van der Waals surface area contributed by atoms with Crippen molar-refractivity contribution in [3.8, 4) is 22.9 Å². The molecular formula is C31H32F3N3O2. The standard InChI is InChI=1S/C31H32F3N3O2/c1-2-3-16-37-27(19-35-30(37)25-7-5-4-6-8-25)21-36(20-24-11-14-28-29(18-24)39-22-38-28)17-15-23-9-12-26(13-10-23)31(32,33)34/h4-14,18-19H,2-3,15-17,20-22H2,1H3. The summed E-state index contributed by atoms with van der Waals surface area (Å²) in [5.74, 6) is 2.42. The first kappa shape index (κ1) is 26.8. The van der Waals surface area contributed by atoms with E-state index in [2.05, 4.69) is 28.5 Å². The lowest BCUT2D eigenvalue weighted by Gasteiger charge is -2.24. The zero-order chi connectivity index (χ0) is 27.2. The molecule has 1 aliphatic heterocycles. The van der Waals surface area contributed by atoms with Gasteiger partial charge in [-0.2, -0.15) is 13.2 Å². The second-order valence-corrected chi connectivity index (χ2v) is 9.79. The zero-order valence-electron chi connectivity index (χ0n) is 22.0. The van der Waals surface area contributed by atoms with Crippen molar-refractivity contribution in [2.75, 3.05) is 13.3 Å². The van der Waals surface area contributed by atoms with E-state index in [0.717, 1.165) is 71.2 Å². The summed E-state index contributed by atoms with van der Waals surface area (Å²) in [5.41, 5.74) is 3.50. The van der Waals surface area contributed by atoms with Gasteiger partial charge in [0.25, 0.3) is 0 Å². The summed E-state index contributed by atoms with van der Waals surface area (Å²) in [6, 6.07) is 21.6. The van der Waals surface area contributed by atoms with Crippen LogP contribution in [-0.2, 0) is 32.2 Å². The molecule has 0 aliphatic carbocycles. The van der Waals surface area contributed by atoms with Gasteiger partial charge in [0.05, 0.1) is 17.5 Å². The van der Waals surface area contributed by atoms with Crippen molar-refractivity contribution >= 4 is 0 Å². The van der Waals surface area contributed by atoms with E-state index in [-0.39, 0.29) is 6.79 Å². The van der Waals surface area contributed by atoms with Crippen molar-refractivity contribution in [1.82, 2.24) is 14.5 Å². The SMILES string of the molecule is CCCCn1c(CN(CCc2ccc(C(F)(F)F)cc2)Cc2ccc3c(c2)OCO3)cnc1-c1ccccc1. The van der Waals surface area contributed by atoms with Crippen molar-refractivity contribution in [3.63, 3.8) is 0 Å². The van der Waals surface area contributed by atoms with Crippen molar-refractivity contribution in [2.24, 2.45) is 0 Å². The number of hydrogen-bond acceptors (Lipinski definition) is 4. The second kappa shape index (κ2) is 11.9. The highest BCUT2D eigenvalue weighted by molar-refractivity contribution is 5.56. The van der Waals surface area contributed by atoms with E-state index in [4.69, 9.17) is 14.5 Å². The molecule has 5 rings (SSSR count). The Labute approximate surface area is 226 Å². The highest BCUT2D eigenvalue weighted by atomic mass is 19.4. The third-order valence-electron chi connectivity index (χ3n) is 6.93. The van der Waals surface area contributed by atoms with Crippen LogP contribution in [0.3, 0.4) is 0 Å². The Bertz CT molecular complexity index is 1370. The third kappa shape index (κ3) is 6.63. The molecule has 0 atom stereocenters. The largest absolute Gasteiger partial charge is 0.454 e. The van der Waals surface area contributed by atoms with E-state index in [1.165, 1.54) is 0 Å². The van der Waals surface area contributed by atoms with Gasteiger partial charge < -0.3 is 14.0 Å². The molecule has 1 aliphatic rings. The van der Waals surface area contributed by atoms with Gasteiger partial charge >= 0.3 is 6.18 Å². The minimum Gasteiger partial charge on any atom is -0.454 e. The Morgan fingerprint density at radius 2 is 1.64 bits per heavy atom. The van der Waals surface area contributed by atoms with Gasteiger partial charge in [-0.3, -0.25) is 4.90 Å². The van der Waals surface area contributed by atoms with Crippen molar-refractivity contribution in [3.05, 3.63) is 101 Å². The van der Waals surface area contributed by atoms with Crippen LogP contribution < -0.4 is 9.47 Å². The molecule has 0 radical (unpaired) electrons. The summed E-state index contributed by atoms with van der Waals surface area (Å²) in [5, 5.41) is 0. The highest BCUT2D eigenvalue weighted by Crippen LogP contribution is 2.33. The molecule has 0 spiro atoms. The Hall–Kier alpha value is -3.78. The molecular weight excluding hydrogens is 503 g/mol. The number of benzene rings is 3. The molecule has 3 aromatic carbocycles. The highest BCUT2D eigenvalue weighted by Gasteiger charge is 2.30. The van der Waals surface area contributed by atoms with Gasteiger partial charge in [0.2, 0.25) is 6.79 Å². The molecule has 5 nitrogen and oxygen atoms in total. The van der Waals surface area contributed by atoms with E-state index < -0.39 is 11.7 Å². The van der Waals surface area contributed by atoms with E-state index in [9.17, 15) is 13.2 Å². The molecule has 0 fully saturated rings. The average molecular weight is 536 g/mol. The first-order valence-electron chi connectivity index (χ1n) is 13.3. The van der Waals surface area contributed by atoms with Gasteiger partial charge in [-0.25, -0.2) is 4.98 Å². The molecule has 8 heteroatoms. The summed E-state index contributed by atoms with van der Waals surface area (Å²) < 4.78 is 52.4. The molecule has 4 aromatic rings. The Morgan fingerprint density at radius 3 is 2.38 bits per heavy atom. The summed E-state index contributed by atoms with van der Waals surface area (Å²) in [6.45, 7) is 5.23. The quantitative estimate of drug-likeness (QED) is 0.201. The maximum atomic E-state index is 13.0. The van der Waals surface area contributed by atoms with Gasteiger partial charge in [0.1, 0.15) is 5.82 Å². The molecule has 0 saturated heterocycles. The maximum absolute atomic E-state index is 13.0. The number of fused-ring (bicyclic) bond motifs is 1. The number of unbranched alkanes of at least 4 members (excludes halogenated alkanes) is 1. The fourth-order valence-corrected chi connectivity index (χ4v) is 4.81. The Morgan fingerprint density at radius 1 is 0.897 bits per heavy atom. The number of hydrogen-bond donors (Lipinski definition) is 0. The minimum atomic E-state index is -4.34. The first-order valence-corrected chi connectivity index (χ1v) is 13.3. The first-order chi connectivity index (χ1) is 18.9. The van der Waals surface area contributed by atoms with Gasteiger partial charge in [0, 0.05) is 31.7 Å². The molecule has 1 aromatic heterocycles. The van der Waals surface area contributed by atoms with Crippen molar-refractivity contribution in [1.29, 1.82) is 0 Å². The number of nitrogens with zero attached hydrogens (tertiary/aromatic N) is 3. The van der Waals surface area contributed by atoms with Crippen LogP contribution >= 0.6 is 0 Å². The van der Waals surface area contributed by atoms with Gasteiger partial charge in [-0.05, 0) is 48.2 Å². The predicted octanol–water partition coefficient (Wildman–Crippen LogP) is 7.34. The lowest BCUT2D eigenvalue weighted by atomic mass is 10.1. The second-order valence-electron chi connectivity index (χ2n) is 9.79. The fraction of sp³-hybridized carbons (Fsp3) is 0.323. The topological polar surface area (TPSA) is 39.5 Å². The van der Waals surface area contributed by atoms with E-state index in [1.54, 1.807) is 12.1 Å². The molecule has 0 unspecified atom stereocenters. The van der Waals surface area contributed by atoms with Gasteiger partial charge in [-0.15, -0.1) is 0 Å². The predicted molar refractivity (Wildman–Crippen MR) is 144 cm³/mol. The molecule has 0 saturated carbocycles. The molecule has 2 heterocycles. The van der Waals surface area contributed by atoms with E-state index >= 15 is 0 Å². The number of halogens is 3. The fourth-order valence-electron chi connectivity index (χ4n) is 4.81. The van der Waals surface area contributed by atoms with Crippen LogP contribution in [-0.4, -0.2) is 27.8 Å². The van der Waals surface area contributed by atoms with E-state index in [0.29, 0.717) is 26.1 Å². The van der Waals surface area contributed by atoms with Crippen LogP contribution in [0.25, 0.3) is 11.4 Å². The maximum Gasteiger partial charge on any atom is 0.416 e. The van der Waals surface area contributed by atoms with Crippen LogP contribution in [0.1, 0.15) is 42.1 Å². The molecule has 0 amide bonds. The summed E-state index contributed by atoms with van der Waals surface area (Å²) in [6.07, 6.45) is 0.342. The summed E-state index contributed by atoms with van der Waals surface area (Å²) >= 11 is 0. The molecule has 0 N–H and O–H groups in total. The number of imidazole rings is 1. The number of aromatic nitrogens is 2. The molecule has 0 bridgehead atoms. The number of rotatable bonds is 11. The smallest absolute Gasteiger partial charge is 0.416 e. The summed E-state index contributed by atoms with van der Waals surface area (Å²) in [4.78, 5) is 7.10. The van der Waals surface area contributed by atoms with E-state index in [1.807, 2.05) is 42.6 Å². The van der Waals surface area contributed by atoms with Crippen LogP contribution in [0.2, 0.25) is 0 Å².